The zero-order valence-corrected chi connectivity index (χ0v) is 14.3. The van der Waals surface area contributed by atoms with Crippen LogP contribution in [0.2, 0.25) is 0 Å². The Balaban J connectivity index is 1.68. The minimum Gasteiger partial charge on any atom is -0.390 e. The van der Waals surface area contributed by atoms with Crippen LogP contribution in [0.25, 0.3) is 0 Å². The minimum atomic E-state index is -0.477. The Morgan fingerprint density at radius 2 is 2.04 bits per heavy atom. The highest BCUT2D eigenvalue weighted by Crippen LogP contribution is 2.17. The fourth-order valence-electron chi connectivity index (χ4n) is 2.60. The van der Waals surface area contributed by atoms with Gasteiger partial charge in [-0.1, -0.05) is 49.3 Å². The van der Waals surface area contributed by atoms with E-state index >= 15 is 0 Å². The van der Waals surface area contributed by atoms with E-state index in [1.54, 1.807) is 0 Å². The number of rotatable bonds is 9. The monoisotopic (exact) mass is 320 g/mol. The first-order valence-corrected chi connectivity index (χ1v) is 8.27. The molecule has 5 heteroatoms. The molecular formula is C18H28N2O3. The Bertz CT molecular complexity index is 490. The van der Waals surface area contributed by atoms with E-state index < -0.39 is 6.10 Å². The van der Waals surface area contributed by atoms with Crippen molar-refractivity contribution in [2.45, 2.75) is 32.5 Å². The molecule has 0 bridgehead atoms. The number of hydrogen-bond acceptors (Lipinski definition) is 5. The van der Waals surface area contributed by atoms with Gasteiger partial charge in [0.1, 0.15) is 6.10 Å². The van der Waals surface area contributed by atoms with E-state index in [4.69, 9.17) is 9.57 Å². The molecule has 1 aliphatic rings. The third-order valence-corrected chi connectivity index (χ3v) is 3.64. The van der Waals surface area contributed by atoms with Crippen LogP contribution in [-0.4, -0.2) is 61.3 Å². The molecule has 0 saturated heterocycles. The third kappa shape index (κ3) is 6.29. The van der Waals surface area contributed by atoms with Gasteiger partial charge >= 0.3 is 0 Å². The number of aliphatic hydroxyl groups excluding tert-OH is 1. The average Bonchev–Trinajstić information content (AvgIpc) is 2.96. The van der Waals surface area contributed by atoms with E-state index in [1.165, 1.54) is 0 Å². The first-order chi connectivity index (χ1) is 11.0. The molecule has 0 saturated carbocycles. The van der Waals surface area contributed by atoms with E-state index in [-0.39, 0.29) is 6.10 Å². The summed E-state index contributed by atoms with van der Waals surface area (Å²) in [6.45, 7) is 6.56. The maximum Gasteiger partial charge on any atom is 0.145 e. The minimum absolute atomic E-state index is 0.0407. The number of aliphatic hydroxyl groups is 1. The van der Waals surface area contributed by atoms with Crippen LogP contribution >= 0.6 is 0 Å². The number of hydrogen-bond donors (Lipinski definition) is 1. The lowest BCUT2D eigenvalue weighted by molar-refractivity contribution is 0.000361. The molecule has 2 unspecified atom stereocenters. The van der Waals surface area contributed by atoms with Crippen LogP contribution in [0.4, 0.5) is 0 Å². The van der Waals surface area contributed by atoms with Crippen molar-refractivity contribution in [1.29, 1.82) is 0 Å². The predicted octanol–water partition coefficient (Wildman–Crippen LogP) is 2.14. The maximum absolute atomic E-state index is 10.0. The summed E-state index contributed by atoms with van der Waals surface area (Å²) in [5.74, 6) is 0.486. The normalized spacial score (nSPS) is 19.0. The molecule has 2 rings (SSSR count). The van der Waals surface area contributed by atoms with Crippen LogP contribution in [-0.2, 0) is 9.57 Å². The molecule has 1 aliphatic heterocycles. The van der Waals surface area contributed by atoms with Gasteiger partial charge < -0.3 is 14.7 Å². The molecule has 0 amide bonds. The van der Waals surface area contributed by atoms with Gasteiger partial charge in [-0.15, -0.1) is 0 Å². The van der Waals surface area contributed by atoms with Crippen LogP contribution in [0.3, 0.4) is 0 Å². The van der Waals surface area contributed by atoms with Crippen molar-refractivity contribution in [1.82, 2.24) is 4.90 Å². The summed E-state index contributed by atoms with van der Waals surface area (Å²) in [7, 11) is 1.98. The molecule has 1 aromatic carbocycles. The topological polar surface area (TPSA) is 54.3 Å². The molecule has 1 aromatic rings. The lowest BCUT2D eigenvalue weighted by Crippen LogP contribution is -2.37. The van der Waals surface area contributed by atoms with Gasteiger partial charge in [-0.2, -0.15) is 0 Å². The van der Waals surface area contributed by atoms with Gasteiger partial charge in [0.15, 0.2) is 0 Å². The van der Waals surface area contributed by atoms with Crippen molar-refractivity contribution in [3.8, 4) is 0 Å². The van der Waals surface area contributed by atoms with Crippen molar-refractivity contribution in [2.24, 2.45) is 11.1 Å². The summed E-state index contributed by atoms with van der Waals surface area (Å²) in [4.78, 5) is 7.59. The van der Waals surface area contributed by atoms with Gasteiger partial charge in [0, 0.05) is 26.1 Å². The highest BCUT2D eigenvalue weighted by molar-refractivity contribution is 6.01. The van der Waals surface area contributed by atoms with Gasteiger partial charge in [0.05, 0.1) is 18.4 Å². The van der Waals surface area contributed by atoms with Crippen molar-refractivity contribution in [3.63, 3.8) is 0 Å². The number of likely N-dealkylation sites (N-methyl/N-ethyl adjacent to an activating group) is 1. The van der Waals surface area contributed by atoms with Gasteiger partial charge in [0.25, 0.3) is 0 Å². The van der Waals surface area contributed by atoms with Crippen LogP contribution < -0.4 is 0 Å². The number of benzene rings is 1. The lowest BCUT2D eigenvalue weighted by atomic mass is 10.1. The Hall–Kier alpha value is -1.43. The van der Waals surface area contributed by atoms with Crippen molar-refractivity contribution < 1.29 is 14.7 Å². The van der Waals surface area contributed by atoms with Gasteiger partial charge in [-0.05, 0) is 18.5 Å². The predicted molar refractivity (Wildman–Crippen MR) is 91.6 cm³/mol. The van der Waals surface area contributed by atoms with Crippen LogP contribution in [0.5, 0.6) is 0 Å². The van der Waals surface area contributed by atoms with Crippen molar-refractivity contribution in [3.05, 3.63) is 35.9 Å². The zero-order valence-electron chi connectivity index (χ0n) is 14.3. The van der Waals surface area contributed by atoms with E-state index in [0.717, 1.165) is 24.2 Å². The van der Waals surface area contributed by atoms with Gasteiger partial charge in [-0.25, -0.2) is 0 Å². The fraction of sp³-hybridized carbons (Fsp3) is 0.611. The molecule has 0 radical (unpaired) electrons. The van der Waals surface area contributed by atoms with E-state index in [2.05, 4.69) is 23.9 Å². The molecule has 0 aromatic heterocycles. The summed E-state index contributed by atoms with van der Waals surface area (Å²) < 4.78 is 5.47. The molecule has 5 nitrogen and oxygen atoms in total. The Kier molecular flexibility index (Phi) is 7.02. The second kappa shape index (κ2) is 9.01. The van der Waals surface area contributed by atoms with Crippen molar-refractivity contribution in [2.75, 3.05) is 33.4 Å². The Labute approximate surface area is 138 Å². The third-order valence-electron chi connectivity index (χ3n) is 3.64. The summed E-state index contributed by atoms with van der Waals surface area (Å²) in [5.41, 5.74) is 2.10. The summed E-state index contributed by atoms with van der Waals surface area (Å²) >= 11 is 0. The maximum atomic E-state index is 10.0. The summed E-state index contributed by atoms with van der Waals surface area (Å²) in [6, 6.07) is 10.1. The molecule has 0 fully saturated rings. The molecule has 0 spiro atoms. The number of ether oxygens (including phenoxy) is 1. The molecule has 23 heavy (non-hydrogen) atoms. The van der Waals surface area contributed by atoms with Gasteiger partial charge in [0.2, 0.25) is 0 Å². The molecule has 128 valence electrons. The standard InChI is InChI=1S/C18H28N2O3/c1-14(2)12-22-13-16(21)10-20(3)11-17-9-18(19-23-17)15-7-5-4-6-8-15/h4-8,14,16-17,21H,9-13H2,1-3H3. The van der Waals surface area contributed by atoms with Gasteiger partial charge in [-0.3, -0.25) is 4.90 Å². The van der Waals surface area contributed by atoms with Crippen LogP contribution in [0.1, 0.15) is 25.8 Å². The first kappa shape index (κ1) is 17.9. The SMILES string of the molecule is CC(C)COCC(O)CN(C)CC1CC(c2ccccc2)=NO1. The Morgan fingerprint density at radius 1 is 1.30 bits per heavy atom. The van der Waals surface area contributed by atoms with E-state index in [9.17, 15) is 5.11 Å². The van der Waals surface area contributed by atoms with Crippen LogP contribution in [0.15, 0.2) is 35.5 Å². The largest absolute Gasteiger partial charge is 0.390 e. The van der Waals surface area contributed by atoms with Crippen molar-refractivity contribution >= 4 is 5.71 Å². The molecule has 1 heterocycles. The number of nitrogens with zero attached hydrogens (tertiary/aromatic N) is 2. The highest BCUT2D eigenvalue weighted by atomic mass is 16.6. The summed E-state index contributed by atoms with van der Waals surface area (Å²) in [5, 5.41) is 14.2. The molecular weight excluding hydrogens is 292 g/mol. The molecule has 2 atom stereocenters. The quantitative estimate of drug-likeness (QED) is 0.757. The smallest absolute Gasteiger partial charge is 0.145 e. The second-order valence-electron chi connectivity index (χ2n) is 6.64. The molecule has 0 aliphatic carbocycles. The molecule has 1 N–H and O–H groups in total. The fourth-order valence-corrected chi connectivity index (χ4v) is 2.60. The van der Waals surface area contributed by atoms with E-state index in [1.807, 2.05) is 37.4 Å². The zero-order chi connectivity index (χ0) is 16.7. The second-order valence-corrected chi connectivity index (χ2v) is 6.64. The van der Waals surface area contributed by atoms with E-state index in [0.29, 0.717) is 25.7 Å². The van der Waals surface area contributed by atoms with Crippen LogP contribution in [0, 0.1) is 5.92 Å². The first-order valence-electron chi connectivity index (χ1n) is 8.27. The lowest BCUT2D eigenvalue weighted by Gasteiger charge is -2.22. The summed E-state index contributed by atoms with van der Waals surface area (Å²) in [6.07, 6.45) is 0.363. The average molecular weight is 320 g/mol. The number of oxime groups is 1. The highest BCUT2D eigenvalue weighted by Gasteiger charge is 2.24. The Morgan fingerprint density at radius 3 is 2.74 bits per heavy atom.